The molecule has 0 fully saturated rings. The molecule has 1 N–H and O–H groups in total. The lowest BCUT2D eigenvalue weighted by molar-refractivity contribution is 0.265. The molecule has 3 nitrogen and oxygen atoms in total. The first-order valence-electron chi connectivity index (χ1n) is 5.57. The van der Waals surface area contributed by atoms with E-state index in [0.29, 0.717) is 23.8 Å². The largest absolute Gasteiger partial charge is 0.388 e. The molecule has 0 aliphatic heterocycles. The second kappa shape index (κ2) is 5.47. The SMILES string of the molecule is OCc1nc2cc(Cl)ccc2n1CCCCF. The van der Waals surface area contributed by atoms with Gasteiger partial charge < -0.3 is 9.67 Å². The van der Waals surface area contributed by atoms with Crippen LogP contribution in [0.25, 0.3) is 11.0 Å². The highest BCUT2D eigenvalue weighted by Gasteiger charge is 2.09. The molecule has 0 amide bonds. The molecule has 5 heteroatoms. The van der Waals surface area contributed by atoms with Gasteiger partial charge in [-0.1, -0.05) is 11.6 Å². The number of aryl methyl sites for hydroxylation is 1. The zero-order chi connectivity index (χ0) is 12.3. The summed E-state index contributed by atoms with van der Waals surface area (Å²) in [6.07, 6.45) is 1.26. The van der Waals surface area contributed by atoms with Crippen LogP contribution >= 0.6 is 11.6 Å². The van der Waals surface area contributed by atoms with Crippen molar-refractivity contribution in [1.29, 1.82) is 0 Å². The fourth-order valence-corrected chi connectivity index (χ4v) is 2.05. The summed E-state index contributed by atoms with van der Waals surface area (Å²) in [7, 11) is 0. The van der Waals surface area contributed by atoms with E-state index in [9.17, 15) is 9.50 Å². The Balaban J connectivity index is 2.36. The van der Waals surface area contributed by atoms with Crippen LogP contribution in [0, 0.1) is 0 Å². The number of unbranched alkanes of at least 4 members (excludes halogenated alkanes) is 1. The fraction of sp³-hybridized carbons (Fsp3) is 0.417. The van der Waals surface area contributed by atoms with Crippen LogP contribution in [0.1, 0.15) is 18.7 Å². The van der Waals surface area contributed by atoms with E-state index in [0.717, 1.165) is 17.5 Å². The lowest BCUT2D eigenvalue weighted by Crippen LogP contribution is -2.04. The smallest absolute Gasteiger partial charge is 0.135 e. The van der Waals surface area contributed by atoms with Crippen LogP contribution < -0.4 is 0 Å². The van der Waals surface area contributed by atoms with E-state index in [1.165, 1.54) is 0 Å². The van der Waals surface area contributed by atoms with Crippen molar-refractivity contribution >= 4 is 22.6 Å². The zero-order valence-corrected chi connectivity index (χ0v) is 10.1. The van der Waals surface area contributed by atoms with Gasteiger partial charge in [0.2, 0.25) is 0 Å². The van der Waals surface area contributed by atoms with E-state index in [1.54, 1.807) is 12.1 Å². The van der Waals surface area contributed by atoms with Crippen molar-refractivity contribution in [2.24, 2.45) is 0 Å². The number of alkyl halides is 1. The van der Waals surface area contributed by atoms with Crippen LogP contribution in [0.3, 0.4) is 0 Å². The molecule has 2 rings (SSSR count). The van der Waals surface area contributed by atoms with Gasteiger partial charge in [-0.05, 0) is 31.0 Å². The van der Waals surface area contributed by atoms with E-state index in [2.05, 4.69) is 4.98 Å². The van der Waals surface area contributed by atoms with Crippen LogP contribution in [0.4, 0.5) is 4.39 Å². The van der Waals surface area contributed by atoms with Gasteiger partial charge in [-0.3, -0.25) is 4.39 Å². The van der Waals surface area contributed by atoms with Gasteiger partial charge in [-0.2, -0.15) is 0 Å². The fourth-order valence-electron chi connectivity index (χ4n) is 1.89. The molecular formula is C12H14ClFN2O. The Kier molecular flexibility index (Phi) is 3.97. The molecule has 0 aliphatic carbocycles. The lowest BCUT2D eigenvalue weighted by Gasteiger charge is -2.06. The minimum absolute atomic E-state index is 0.123. The molecule has 92 valence electrons. The third kappa shape index (κ3) is 2.58. The topological polar surface area (TPSA) is 38.1 Å². The van der Waals surface area contributed by atoms with Crippen LogP contribution in [0.5, 0.6) is 0 Å². The summed E-state index contributed by atoms with van der Waals surface area (Å²) in [6.45, 7) is 0.229. The van der Waals surface area contributed by atoms with Gasteiger partial charge in [0.25, 0.3) is 0 Å². The van der Waals surface area contributed by atoms with Crippen molar-refractivity contribution in [3.8, 4) is 0 Å². The molecule has 0 spiro atoms. The molecule has 0 unspecified atom stereocenters. The molecule has 0 aliphatic rings. The Morgan fingerprint density at radius 2 is 2.18 bits per heavy atom. The average Bonchev–Trinajstić information content (AvgIpc) is 2.67. The number of aromatic nitrogens is 2. The molecule has 2 aromatic rings. The van der Waals surface area contributed by atoms with Crippen molar-refractivity contribution in [3.63, 3.8) is 0 Å². The number of rotatable bonds is 5. The Morgan fingerprint density at radius 3 is 2.88 bits per heavy atom. The standard InChI is InChI=1S/C12H14ClFN2O/c13-9-3-4-11-10(7-9)15-12(8-17)16(11)6-2-1-5-14/h3-4,7,17H,1-2,5-6,8H2. The number of halogens is 2. The number of aliphatic hydroxyl groups is 1. The maximum atomic E-state index is 12.1. The second-order valence-electron chi connectivity index (χ2n) is 3.87. The third-order valence-electron chi connectivity index (χ3n) is 2.70. The molecule has 0 radical (unpaired) electrons. The van der Waals surface area contributed by atoms with Gasteiger partial charge in [0.15, 0.2) is 0 Å². The van der Waals surface area contributed by atoms with Crippen molar-refractivity contribution in [3.05, 3.63) is 29.0 Å². The predicted octanol–water partition coefficient (Wildman–Crippen LogP) is 2.93. The minimum Gasteiger partial charge on any atom is -0.388 e. The summed E-state index contributed by atoms with van der Waals surface area (Å²) >= 11 is 5.89. The maximum absolute atomic E-state index is 12.1. The van der Waals surface area contributed by atoms with Crippen LogP contribution in [-0.2, 0) is 13.2 Å². The van der Waals surface area contributed by atoms with Gasteiger partial charge in [-0.15, -0.1) is 0 Å². The number of nitrogens with zero attached hydrogens (tertiary/aromatic N) is 2. The second-order valence-corrected chi connectivity index (χ2v) is 4.30. The summed E-state index contributed by atoms with van der Waals surface area (Å²) in [5, 5.41) is 9.88. The van der Waals surface area contributed by atoms with Gasteiger partial charge in [0, 0.05) is 11.6 Å². The highest BCUT2D eigenvalue weighted by atomic mass is 35.5. The highest BCUT2D eigenvalue weighted by molar-refractivity contribution is 6.31. The molecule has 17 heavy (non-hydrogen) atoms. The van der Waals surface area contributed by atoms with E-state index in [1.807, 2.05) is 10.6 Å². The monoisotopic (exact) mass is 256 g/mol. The van der Waals surface area contributed by atoms with Gasteiger partial charge in [-0.25, -0.2) is 4.98 Å². The molecule has 0 bridgehead atoms. The first-order valence-corrected chi connectivity index (χ1v) is 5.95. The van der Waals surface area contributed by atoms with Crippen molar-refractivity contribution in [2.45, 2.75) is 26.0 Å². The Bertz CT molecular complexity index is 512. The van der Waals surface area contributed by atoms with Crippen LogP contribution in [0.2, 0.25) is 5.02 Å². The van der Waals surface area contributed by atoms with Crippen LogP contribution in [-0.4, -0.2) is 21.3 Å². The van der Waals surface area contributed by atoms with E-state index in [4.69, 9.17) is 11.6 Å². The summed E-state index contributed by atoms with van der Waals surface area (Å²) < 4.78 is 14.0. The molecule has 0 saturated heterocycles. The quantitative estimate of drug-likeness (QED) is 0.836. The van der Waals surface area contributed by atoms with E-state index in [-0.39, 0.29) is 13.3 Å². The van der Waals surface area contributed by atoms with Crippen molar-refractivity contribution in [2.75, 3.05) is 6.67 Å². The molecular weight excluding hydrogens is 243 g/mol. The van der Waals surface area contributed by atoms with Crippen molar-refractivity contribution in [1.82, 2.24) is 9.55 Å². The number of aliphatic hydroxyl groups excluding tert-OH is 1. The molecule has 0 saturated carbocycles. The molecule has 1 heterocycles. The maximum Gasteiger partial charge on any atom is 0.135 e. The van der Waals surface area contributed by atoms with Crippen LogP contribution in [0.15, 0.2) is 18.2 Å². The zero-order valence-electron chi connectivity index (χ0n) is 9.37. The first kappa shape index (κ1) is 12.3. The summed E-state index contributed by atoms with van der Waals surface area (Å²) in [5.74, 6) is 0.598. The van der Waals surface area contributed by atoms with Gasteiger partial charge in [0.1, 0.15) is 12.4 Å². The minimum atomic E-state index is -0.313. The Labute approximate surface area is 104 Å². The summed E-state index contributed by atoms with van der Waals surface area (Å²) in [5.41, 5.74) is 1.69. The van der Waals surface area contributed by atoms with Gasteiger partial charge >= 0.3 is 0 Å². The Morgan fingerprint density at radius 1 is 1.35 bits per heavy atom. The number of hydrogen-bond acceptors (Lipinski definition) is 2. The predicted molar refractivity (Wildman–Crippen MR) is 65.9 cm³/mol. The molecule has 1 aromatic heterocycles. The van der Waals surface area contributed by atoms with E-state index >= 15 is 0 Å². The average molecular weight is 257 g/mol. The number of imidazole rings is 1. The summed E-state index contributed by atoms with van der Waals surface area (Å²) in [6, 6.07) is 5.43. The number of benzene rings is 1. The summed E-state index contributed by atoms with van der Waals surface area (Å²) in [4.78, 5) is 4.31. The number of hydrogen-bond donors (Lipinski definition) is 1. The molecule has 0 atom stereocenters. The van der Waals surface area contributed by atoms with E-state index < -0.39 is 0 Å². The molecule has 1 aromatic carbocycles. The normalized spacial score (nSPS) is 11.2. The first-order chi connectivity index (χ1) is 8.26. The van der Waals surface area contributed by atoms with Gasteiger partial charge in [0.05, 0.1) is 17.7 Å². The number of fused-ring (bicyclic) bond motifs is 1. The highest BCUT2D eigenvalue weighted by Crippen LogP contribution is 2.21. The lowest BCUT2D eigenvalue weighted by atomic mass is 10.3. The van der Waals surface area contributed by atoms with Crippen molar-refractivity contribution < 1.29 is 9.50 Å². The third-order valence-corrected chi connectivity index (χ3v) is 2.93. The Hall–Kier alpha value is -1.13.